The molecule has 104 valence electrons. The van der Waals surface area contributed by atoms with Crippen molar-refractivity contribution in [3.8, 4) is 0 Å². The van der Waals surface area contributed by atoms with Gasteiger partial charge in [0.15, 0.2) is 0 Å². The molecule has 4 heteroatoms. The van der Waals surface area contributed by atoms with Gasteiger partial charge in [0.2, 0.25) is 5.91 Å². The van der Waals surface area contributed by atoms with Crippen LogP contribution in [-0.4, -0.2) is 35.2 Å². The van der Waals surface area contributed by atoms with Gasteiger partial charge in [-0.2, -0.15) is 0 Å². The number of nitrogens with two attached hydrogens (primary N) is 1. The molecule has 1 saturated heterocycles. The number of thioether (sulfide) groups is 1. The molecule has 1 aliphatic rings. The van der Waals surface area contributed by atoms with Crippen molar-refractivity contribution >= 4 is 17.7 Å². The third-order valence-electron chi connectivity index (χ3n) is 3.52. The maximum absolute atomic E-state index is 12.5. The van der Waals surface area contributed by atoms with Crippen LogP contribution in [-0.2, 0) is 4.79 Å². The van der Waals surface area contributed by atoms with E-state index in [2.05, 4.69) is 19.1 Å². The second kappa shape index (κ2) is 6.96. The normalized spacial score (nSPS) is 18.3. The highest BCUT2D eigenvalue weighted by Crippen LogP contribution is 2.27. The van der Waals surface area contributed by atoms with Crippen LogP contribution in [0.3, 0.4) is 0 Å². The zero-order valence-corrected chi connectivity index (χ0v) is 12.2. The van der Waals surface area contributed by atoms with Crippen LogP contribution in [0.25, 0.3) is 0 Å². The van der Waals surface area contributed by atoms with Crippen LogP contribution in [0.5, 0.6) is 0 Å². The molecule has 19 heavy (non-hydrogen) atoms. The fourth-order valence-electron chi connectivity index (χ4n) is 2.30. The third kappa shape index (κ3) is 3.98. The SMILES string of the molecule is CCC(Sc1ccccc1)C(=O)N1CCC(N)CC1. The first-order valence-electron chi connectivity index (χ1n) is 6.96. The van der Waals surface area contributed by atoms with Crippen molar-refractivity contribution in [3.63, 3.8) is 0 Å². The Balaban J connectivity index is 1.95. The summed E-state index contributed by atoms with van der Waals surface area (Å²) in [6.07, 6.45) is 2.72. The average Bonchev–Trinajstić information content (AvgIpc) is 2.46. The molecular weight excluding hydrogens is 256 g/mol. The second-order valence-electron chi connectivity index (χ2n) is 4.99. The van der Waals surface area contributed by atoms with E-state index in [9.17, 15) is 4.79 Å². The summed E-state index contributed by atoms with van der Waals surface area (Å²) in [7, 11) is 0. The Morgan fingerprint density at radius 2 is 2.00 bits per heavy atom. The topological polar surface area (TPSA) is 46.3 Å². The molecule has 1 heterocycles. The van der Waals surface area contributed by atoms with Gasteiger partial charge in [-0.1, -0.05) is 25.1 Å². The molecule has 3 nitrogen and oxygen atoms in total. The number of carbonyl (C=O) groups is 1. The fourth-order valence-corrected chi connectivity index (χ4v) is 3.35. The van der Waals surface area contributed by atoms with E-state index in [1.54, 1.807) is 11.8 Å². The highest BCUT2D eigenvalue weighted by atomic mass is 32.2. The minimum atomic E-state index is 0.0247. The van der Waals surface area contributed by atoms with E-state index in [0.717, 1.165) is 37.2 Å². The smallest absolute Gasteiger partial charge is 0.236 e. The minimum Gasteiger partial charge on any atom is -0.342 e. The number of nitrogens with zero attached hydrogens (tertiary/aromatic N) is 1. The molecule has 0 radical (unpaired) electrons. The molecule has 1 aromatic rings. The van der Waals surface area contributed by atoms with Gasteiger partial charge in [-0.3, -0.25) is 4.79 Å². The van der Waals surface area contributed by atoms with Crippen LogP contribution in [0, 0.1) is 0 Å². The summed E-state index contributed by atoms with van der Waals surface area (Å²) in [4.78, 5) is 15.6. The van der Waals surface area contributed by atoms with Crippen molar-refractivity contribution in [2.45, 2.75) is 42.4 Å². The molecule has 0 aliphatic carbocycles. The number of hydrogen-bond acceptors (Lipinski definition) is 3. The van der Waals surface area contributed by atoms with Crippen LogP contribution in [0.4, 0.5) is 0 Å². The first-order chi connectivity index (χ1) is 9.20. The van der Waals surface area contributed by atoms with Crippen molar-refractivity contribution in [3.05, 3.63) is 30.3 Å². The summed E-state index contributed by atoms with van der Waals surface area (Å²) in [6, 6.07) is 10.4. The van der Waals surface area contributed by atoms with Gasteiger partial charge in [0.1, 0.15) is 0 Å². The highest BCUT2D eigenvalue weighted by molar-refractivity contribution is 8.00. The lowest BCUT2D eigenvalue weighted by atomic mass is 10.1. The van der Waals surface area contributed by atoms with Gasteiger partial charge in [0.05, 0.1) is 5.25 Å². The van der Waals surface area contributed by atoms with Gasteiger partial charge in [-0.15, -0.1) is 11.8 Å². The number of piperidine rings is 1. The lowest BCUT2D eigenvalue weighted by molar-refractivity contribution is -0.131. The molecule has 2 rings (SSSR count). The number of carbonyl (C=O) groups excluding carboxylic acids is 1. The largest absolute Gasteiger partial charge is 0.342 e. The van der Waals surface area contributed by atoms with Gasteiger partial charge < -0.3 is 10.6 Å². The summed E-state index contributed by atoms with van der Waals surface area (Å²) in [5.74, 6) is 0.267. The van der Waals surface area contributed by atoms with E-state index >= 15 is 0 Å². The molecular formula is C15H22N2OS. The van der Waals surface area contributed by atoms with Crippen molar-refractivity contribution in [1.82, 2.24) is 4.90 Å². The van der Waals surface area contributed by atoms with Gasteiger partial charge in [0, 0.05) is 24.0 Å². The predicted octanol–water partition coefficient (Wildman–Crippen LogP) is 2.51. The Morgan fingerprint density at radius 3 is 2.58 bits per heavy atom. The molecule has 1 aromatic carbocycles. The zero-order valence-electron chi connectivity index (χ0n) is 11.4. The minimum absolute atomic E-state index is 0.0247. The van der Waals surface area contributed by atoms with E-state index in [0.29, 0.717) is 0 Å². The van der Waals surface area contributed by atoms with Crippen molar-refractivity contribution < 1.29 is 4.79 Å². The lowest BCUT2D eigenvalue weighted by Gasteiger charge is -2.32. The van der Waals surface area contributed by atoms with Crippen LogP contribution in [0.2, 0.25) is 0 Å². The Morgan fingerprint density at radius 1 is 1.37 bits per heavy atom. The van der Waals surface area contributed by atoms with E-state index < -0.39 is 0 Å². The lowest BCUT2D eigenvalue weighted by Crippen LogP contribution is -2.45. The Labute approximate surface area is 119 Å². The summed E-state index contributed by atoms with van der Waals surface area (Å²) in [6.45, 7) is 3.70. The fraction of sp³-hybridized carbons (Fsp3) is 0.533. The summed E-state index contributed by atoms with van der Waals surface area (Å²) >= 11 is 1.67. The Bertz CT molecular complexity index is 402. The average molecular weight is 278 g/mol. The quantitative estimate of drug-likeness (QED) is 0.861. The summed E-state index contributed by atoms with van der Waals surface area (Å²) < 4.78 is 0. The number of hydrogen-bond donors (Lipinski definition) is 1. The molecule has 0 bridgehead atoms. The van der Waals surface area contributed by atoms with Crippen LogP contribution in [0.15, 0.2) is 35.2 Å². The molecule has 2 N–H and O–H groups in total. The molecule has 1 aliphatic heterocycles. The Hall–Kier alpha value is -1.00. The number of likely N-dealkylation sites (tertiary alicyclic amines) is 1. The first-order valence-corrected chi connectivity index (χ1v) is 7.84. The third-order valence-corrected chi connectivity index (χ3v) is 4.88. The highest BCUT2D eigenvalue weighted by Gasteiger charge is 2.26. The van der Waals surface area contributed by atoms with Gasteiger partial charge in [0.25, 0.3) is 0 Å². The predicted molar refractivity (Wildman–Crippen MR) is 80.2 cm³/mol. The van der Waals surface area contributed by atoms with E-state index in [4.69, 9.17) is 5.73 Å². The van der Waals surface area contributed by atoms with Gasteiger partial charge in [-0.05, 0) is 31.4 Å². The molecule has 0 spiro atoms. The number of benzene rings is 1. The maximum atomic E-state index is 12.5. The molecule has 0 aromatic heterocycles. The second-order valence-corrected chi connectivity index (χ2v) is 6.27. The number of rotatable bonds is 4. The van der Waals surface area contributed by atoms with Gasteiger partial charge >= 0.3 is 0 Å². The maximum Gasteiger partial charge on any atom is 0.236 e. The van der Waals surface area contributed by atoms with E-state index in [1.807, 2.05) is 23.1 Å². The van der Waals surface area contributed by atoms with Crippen molar-refractivity contribution in [2.24, 2.45) is 5.73 Å². The molecule has 0 saturated carbocycles. The molecule has 1 unspecified atom stereocenters. The number of amides is 1. The van der Waals surface area contributed by atoms with E-state index in [-0.39, 0.29) is 17.2 Å². The molecule has 1 amide bonds. The molecule has 1 fully saturated rings. The van der Waals surface area contributed by atoms with Crippen LogP contribution < -0.4 is 5.73 Å². The Kier molecular flexibility index (Phi) is 5.28. The zero-order chi connectivity index (χ0) is 13.7. The summed E-state index contributed by atoms with van der Waals surface area (Å²) in [5, 5.41) is 0.0247. The standard InChI is InChI=1S/C15H22N2OS/c1-2-14(19-13-6-4-3-5-7-13)15(18)17-10-8-12(16)9-11-17/h3-7,12,14H,2,8-11,16H2,1H3. The van der Waals surface area contributed by atoms with Crippen molar-refractivity contribution in [2.75, 3.05) is 13.1 Å². The first kappa shape index (κ1) is 14.4. The summed E-state index contributed by atoms with van der Waals surface area (Å²) in [5.41, 5.74) is 5.89. The van der Waals surface area contributed by atoms with E-state index in [1.165, 1.54) is 0 Å². The molecule has 1 atom stereocenters. The van der Waals surface area contributed by atoms with Crippen LogP contribution in [0.1, 0.15) is 26.2 Å². The van der Waals surface area contributed by atoms with Crippen molar-refractivity contribution in [1.29, 1.82) is 0 Å². The monoisotopic (exact) mass is 278 g/mol. The van der Waals surface area contributed by atoms with Gasteiger partial charge in [-0.25, -0.2) is 0 Å². The van der Waals surface area contributed by atoms with Crippen LogP contribution >= 0.6 is 11.8 Å².